The number of hydrogen-bond acceptors (Lipinski definition) is 4. The normalized spacial score (nSPS) is 14.0. The average molecular weight is 336 g/mol. The van der Waals surface area contributed by atoms with Gasteiger partial charge in [0, 0.05) is 12.5 Å². The molecule has 0 spiro atoms. The predicted octanol–water partition coefficient (Wildman–Crippen LogP) is 1.86. The maximum atomic E-state index is 13.1. The molecule has 5 nitrogen and oxygen atoms in total. The van der Waals surface area contributed by atoms with Crippen LogP contribution in [0.25, 0.3) is 0 Å². The molecule has 0 radical (unpaired) electrons. The minimum Gasteiger partial charge on any atom is -0.342 e. The molecule has 1 amide bonds. The quantitative estimate of drug-likeness (QED) is 0.904. The van der Waals surface area contributed by atoms with Crippen LogP contribution in [-0.4, -0.2) is 30.8 Å². The standard InChI is InChI=1S/C16H17FN2O3S/c1-11(23(2,21)22)16(20)19-15(14-5-3-4-10-18-14)12-6-8-13(17)9-7-12/h3-11,15H,1-2H3,(H,19,20)/t11-,15-/m0/s1. The summed E-state index contributed by atoms with van der Waals surface area (Å²) in [6, 6.07) is 10.1. The monoisotopic (exact) mass is 336 g/mol. The zero-order valence-electron chi connectivity index (χ0n) is 12.7. The van der Waals surface area contributed by atoms with Crippen LogP contribution in [0.5, 0.6) is 0 Å². The zero-order valence-corrected chi connectivity index (χ0v) is 13.5. The second kappa shape index (κ2) is 6.87. The first-order valence-electron chi connectivity index (χ1n) is 6.94. The van der Waals surface area contributed by atoms with Gasteiger partial charge in [-0.2, -0.15) is 0 Å². The molecule has 1 heterocycles. The molecule has 1 N–H and O–H groups in total. The van der Waals surface area contributed by atoms with Crippen LogP contribution in [0.4, 0.5) is 4.39 Å². The Kier molecular flexibility index (Phi) is 5.10. The number of sulfone groups is 1. The van der Waals surface area contributed by atoms with E-state index in [1.54, 1.807) is 24.4 Å². The number of amides is 1. The zero-order chi connectivity index (χ0) is 17.0. The van der Waals surface area contributed by atoms with E-state index in [0.29, 0.717) is 11.3 Å². The molecule has 1 aromatic carbocycles. The second-order valence-corrected chi connectivity index (χ2v) is 7.59. The number of pyridine rings is 1. The summed E-state index contributed by atoms with van der Waals surface area (Å²) in [7, 11) is -3.51. The molecule has 0 aliphatic rings. The fourth-order valence-corrected chi connectivity index (χ4v) is 2.44. The number of nitrogens with zero attached hydrogens (tertiary/aromatic N) is 1. The molecule has 23 heavy (non-hydrogen) atoms. The van der Waals surface area contributed by atoms with Crippen LogP contribution in [0.15, 0.2) is 48.7 Å². The van der Waals surface area contributed by atoms with Crippen molar-refractivity contribution < 1.29 is 17.6 Å². The van der Waals surface area contributed by atoms with Crippen molar-refractivity contribution in [3.05, 3.63) is 65.7 Å². The summed E-state index contributed by atoms with van der Waals surface area (Å²) in [5.74, 6) is -1.03. The molecule has 0 bridgehead atoms. The van der Waals surface area contributed by atoms with Crippen molar-refractivity contribution in [2.45, 2.75) is 18.2 Å². The van der Waals surface area contributed by atoms with Gasteiger partial charge in [0.25, 0.3) is 0 Å². The van der Waals surface area contributed by atoms with E-state index in [1.807, 2.05) is 0 Å². The number of benzene rings is 1. The molecule has 0 saturated carbocycles. The Morgan fingerprint density at radius 3 is 2.35 bits per heavy atom. The smallest absolute Gasteiger partial charge is 0.238 e. The van der Waals surface area contributed by atoms with E-state index in [1.165, 1.54) is 31.2 Å². The fraction of sp³-hybridized carbons (Fsp3) is 0.250. The molecular formula is C16H17FN2O3S. The van der Waals surface area contributed by atoms with Gasteiger partial charge in [-0.25, -0.2) is 12.8 Å². The van der Waals surface area contributed by atoms with Crippen molar-refractivity contribution in [1.82, 2.24) is 10.3 Å². The summed E-state index contributed by atoms with van der Waals surface area (Å²) in [6.07, 6.45) is 2.57. The van der Waals surface area contributed by atoms with E-state index in [9.17, 15) is 17.6 Å². The predicted molar refractivity (Wildman–Crippen MR) is 84.9 cm³/mol. The Bertz CT molecular complexity index is 777. The highest BCUT2D eigenvalue weighted by molar-refractivity contribution is 7.92. The van der Waals surface area contributed by atoms with Crippen molar-refractivity contribution in [2.24, 2.45) is 0 Å². The Morgan fingerprint density at radius 1 is 1.17 bits per heavy atom. The first-order chi connectivity index (χ1) is 10.8. The third-order valence-corrected chi connectivity index (χ3v) is 4.98. The van der Waals surface area contributed by atoms with Gasteiger partial charge in [-0.05, 0) is 36.8 Å². The SMILES string of the molecule is C[C@@H](C(=O)N[C@@H](c1ccc(F)cc1)c1ccccn1)S(C)(=O)=O. The van der Waals surface area contributed by atoms with Crippen molar-refractivity contribution in [3.8, 4) is 0 Å². The molecule has 2 aromatic rings. The van der Waals surface area contributed by atoms with E-state index in [0.717, 1.165) is 6.26 Å². The lowest BCUT2D eigenvalue weighted by molar-refractivity contribution is -0.120. The topological polar surface area (TPSA) is 76.1 Å². The van der Waals surface area contributed by atoms with Gasteiger partial charge in [0.2, 0.25) is 5.91 Å². The number of nitrogens with one attached hydrogen (secondary N) is 1. The van der Waals surface area contributed by atoms with Crippen LogP contribution in [-0.2, 0) is 14.6 Å². The Balaban J connectivity index is 2.35. The minimum atomic E-state index is -3.51. The highest BCUT2D eigenvalue weighted by Crippen LogP contribution is 2.21. The molecule has 1 aromatic heterocycles. The maximum absolute atomic E-state index is 13.1. The number of halogens is 1. The Hall–Kier alpha value is -2.28. The van der Waals surface area contributed by atoms with E-state index in [-0.39, 0.29) is 0 Å². The first-order valence-corrected chi connectivity index (χ1v) is 8.90. The van der Waals surface area contributed by atoms with Crippen molar-refractivity contribution >= 4 is 15.7 Å². The summed E-state index contributed by atoms with van der Waals surface area (Å²) in [5.41, 5.74) is 1.15. The fourth-order valence-electron chi connectivity index (χ4n) is 1.98. The van der Waals surface area contributed by atoms with Crippen molar-refractivity contribution in [2.75, 3.05) is 6.26 Å². The maximum Gasteiger partial charge on any atom is 0.238 e. The number of carbonyl (C=O) groups is 1. The van der Waals surface area contributed by atoms with Crippen LogP contribution in [0.2, 0.25) is 0 Å². The molecule has 7 heteroatoms. The highest BCUT2D eigenvalue weighted by atomic mass is 32.2. The number of hydrogen-bond donors (Lipinski definition) is 1. The average Bonchev–Trinajstić information content (AvgIpc) is 2.52. The first kappa shape index (κ1) is 17.1. The highest BCUT2D eigenvalue weighted by Gasteiger charge is 2.27. The summed E-state index contributed by atoms with van der Waals surface area (Å²) in [4.78, 5) is 16.4. The minimum absolute atomic E-state index is 0.399. The number of carbonyl (C=O) groups excluding carboxylic acids is 1. The Morgan fingerprint density at radius 2 is 1.83 bits per heavy atom. The molecule has 122 valence electrons. The molecule has 0 saturated heterocycles. The van der Waals surface area contributed by atoms with E-state index in [2.05, 4.69) is 10.3 Å². The summed E-state index contributed by atoms with van der Waals surface area (Å²) >= 11 is 0. The molecule has 2 rings (SSSR count). The van der Waals surface area contributed by atoms with Gasteiger partial charge in [0.15, 0.2) is 9.84 Å². The van der Waals surface area contributed by atoms with E-state index >= 15 is 0 Å². The van der Waals surface area contributed by atoms with Gasteiger partial charge in [-0.15, -0.1) is 0 Å². The van der Waals surface area contributed by atoms with Crippen molar-refractivity contribution in [3.63, 3.8) is 0 Å². The van der Waals surface area contributed by atoms with E-state index < -0.39 is 32.9 Å². The van der Waals surface area contributed by atoms with Gasteiger partial charge in [0.05, 0.1) is 11.7 Å². The van der Waals surface area contributed by atoms with Crippen LogP contribution >= 0.6 is 0 Å². The summed E-state index contributed by atoms with van der Waals surface area (Å²) in [6.45, 7) is 1.32. The summed E-state index contributed by atoms with van der Waals surface area (Å²) in [5, 5.41) is 1.49. The molecule has 0 aliphatic carbocycles. The van der Waals surface area contributed by atoms with Crippen LogP contribution in [0, 0.1) is 5.82 Å². The largest absolute Gasteiger partial charge is 0.342 e. The molecule has 2 atom stereocenters. The lowest BCUT2D eigenvalue weighted by Crippen LogP contribution is -2.40. The third-order valence-electron chi connectivity index (χ3n) is 3.48. The van der Waals surface area contributed by atoms with Gasteiger partial charge in [0.1, 0.15) is 11.1 Å². The van der Waals surface area contributed by atoms with Crippen LogP contribution < -0.4 is 5.32 Å². The van der Waals surface area contributed by atoms with Crippen LogP contribution in [0.1, 0.15) is 24.2 Å². The van der Waals surface area contributed by atoms with Gasteiger partial charge in [-0.1, -0.05) is 18.2 Å². The molecule has 0 fully saturated rings. The van der Waals surface area contributed by atoms with Crippen LogP contribution in [0.3, 0.4) is 0 Å². The summed E-state index contributed by atoms with van der Waals surface area (Å²) < 4.78 is 36.2. The second-order valence-electron chi connectivity index (χ2n) is 5.22. The lowest BCUT2D eigenvalue weighted by Gasteiger charge is -2.20. The number of aromatic nitrogens is 1. The number of rotatable bonds is 5. The van der Waals surface area contributed by atoms with Gasteiger partial charge in [-0.3, -0.25) is 9.78 Å². The van der Waals surface area contributed by atoms with Crippen molar-refractivity contribution in [1.29, 1.82) is 0 Å². The molecule has 0 aliphatic heterocycles. The van der Waals surface area contributed by atoms with Gasteiger partial charge < -0.3 is 5.32 Å². The van der Waals surface area contributed by atoms with E-state index in [4.69, 9.17) is 0 Å². The Labute approximate surface area is 134 Å². The van der Waals surface area contributed by atoms with Gasteiger partial charge >= 0.3 is 0 Å². The lowest BCUT2D eigenvalue weighted by atomic mass is 10.0. The third kappa shape index (κ3) is 4.35. The molecule has 0 unspecified atom stereocenters. The molecular weight excluding hydrogens is 319 g/mol.